The molecule has 1 heteroatoms. The molecular weight excluding hydrogens is 235 g/mol. The molecule has 0 N–H and O–H groups in total. The van der Waals surface area contributed by atoms with Crippen molar-refractivity contribution in [2.45, 2.75) is 39.5 Å². The van der Waals surface area contributed by atoms with E-state index >= 15 is 0 Å². The van der Waals surface area contributed by atoms with Gasteiger partial charge < -0.3 is 0 Å². The molecule has 1 fully saturated rings. The molecule has 0 heterocycles. The second-order valence-electron chi connectivity index (χ2n) is 4.13. The molecule has 0 unspecified atom stereocenters. The van der Waals surface area contributed by atoms with Gasteiger partial charge in [0.2, 0.25) is 0 Å². The minimum Gasteiger partial charge on any atom is -0.0858 e. The van der Waals surface area contributed by atoms with Crippen molar-refractivity contribution >= 4 is 22.6 Å². The van der Waals surface area contributed by atoms with Crippen molar-refractivity contribution in [3.63, 3.8) is 0 Å². The summed E-state index contributed by atoms with van der Waals surface area (Å²) in [5, 5.41) is 0. The molecule has 1 rings (SSSR count). The van der Waals surface area contributed by atoms with Crippen LogP contribution >= 0.6 is 22.6 Å². The third-order valence-electron chi connectivity index (χ3n) is 2.80. The molecule has 0 aromatic carbocycles. The Balaban J connectivity index is 2.38. The van der Waals surface area contributed by atoms with Crippen LogP contribution in [0, 0.1) is 11.3 Å². The van der Waals surface area contributed by atoms with E-state index in [1.54, 1.807) is 0 Å². The highest BCUT2D eigenvalue weighted by Crippen LogP contribution is 2.39. The van der Waals surface area contributed by atoms with Crippen LogP contribution in [0.2, 0.25) is 0 Å². The first kappa shape index (κ1) is 8.82. The fraction of sp³-hybridized carbons (Fsp3) is 1.00. The average Bonchev–Trinajstić information content (AvgIpc) is 1.96. The van der Waals surface area contributed by atoms with E-state index in [4.69, 9.17) is 0 Å². The van der Waals surface area contributed by atoms with Gasteiger partial charge in [-0.25, -0.2) is 0 Å². The summed E-state index contributed by atoms with van der Waals surface area (Å²) in [6, 6.07) is 0. The van der Waals surface area contributed by atoms with E-state index < -0.39 is 0 Å². The van der Waals surface area contributed by atoms with Crippen molar-refractivity contribution in [1.82, 2.24) is 0 Å². The van der Waals surface area contributed by atoms with E-state index in [2.05, 4.69) is 36.4 Å². The molecule has 0 atom stereocenters. The Labute approximate surface area is 77.9 Å². The van der Waals surface area contributed by atoms with Gasteiger partial charge in [-0.15, -0.1) is 0 Å². The number of halogens is 1. The maximum atomic E-state index is 2.53. The van der Waals surface area contributed by atoms with Crippen LogP contribution in [-0.4, -0.2) is 4.43 Å². The third-order valence-corrected chi connectivity index (χ3v) is 4.65. The molecule has 1 aliphatic rings. The first-order valence-corrected chi connectivity index (χ1v) is 5.75. The lowest BCUT2D eigenvalue weighted by Crippen LogP contribution is -2.24. The maximum Gasteiger partial charge on any atom is 0.00493 e. The summed E-state index contributed by atoms with van der Waals surface area (Å²) in [5.74, 6) is 0.996. The quantitative estimate of drug-likeness (QED) is 0.493. The first-order valence-electron chi connectivity index (χ1n) is 4.22. The van der Waals surface area contributed by atoms with Gasteiger partial charge in [0.15, 0.2) is 0 Å². The maximum absolute atomic E-state index is 2.53. The SMILES string of the molecule is CC1CCC(C)(CI)CC1. The molecule has 0 aromatic rings. The predicted octanol–water partition coefficient (Wildman–Crippen LogP) is 3.64. The van der Waals surface area contributed by atoms with E-state index in [9.17, 15) is 0 Å². The Morgan fingerprint density at radius 3 is 2.30 bits per heavy atom. The van der Waals surface area contributed by atoms with Crippen molar-refractivity contribution < 1.29 is 0 Å². The highest BCUT2D eigenvalue weighted by atomic mass is 127. The molecule has 10 heavy (non-hydrogen) atoms. The topological polar surface area (TPSA) is 0 Å². The molecular formula is C9H17I. The first-order chi connectivity index (χ1) is 4.66. The van der Waals surface area contributed by atoms with E-state index in [-0.39, 0.29) is 0 Å². The van der Waals surface area contributed by atoms with Crippen LogP contribution in [0.15, 0.2) is 0 Å². The molecule has 0 aliphatic heterocycles. The zero-order chi connectivity index (χ0) is 7.61. The van der Waals surface area contributed by atoms with Crippen LogP contribution in [0.3, 0.4) is 0 Å². The van der Waals surface area contributed by atoms with Crippen molar-refractivity contribution in [1.29, 1.82) is 0 Å². The van der Waals surface area contributed by atoms with Gasteiger partial charge in [-0.2, -0.15) is 0 Å². The van der Waals surface area contributed by atoms with Crippen LogP contribution in [0.4, 0.5) is 0 Å². The Hall–Kier alpha value is 0.730. The van der Waals surface area contributed by atoms with Crippen LogP contribution in [-0.2, 0) is 0 Å². The van der Waals surface area contributed by atoms with Gasteiger partial charge in [0, 0.05) is 4.43 Å². The summed E-state index contributed by atoms with van der Waals surface area (Å²) >= 11 is 2.53. The van der Waals surface area contributed by atoms with Crippen LogP contribution in [0.25, 0.3) is 0 Å². The lowest BCUT2D eigenvalue weighted by atomic mass is 9.74. The van der Waals surface area contributed by atoms with Gasteiger partial charge in [0.1, 0.15) is 0 Å². The van der Waals surface area contributed by atoms with Gasteiger partial charge in [0.25, 0.3) is 0 Å². The summed E-state index contributed by atoms with van der Waals surface area (Å²) < 4.78 is 1.34. The smallest absolute Gasteiger partial charge is 0.00493 e. The molecule has 0 bridgehead atoms. The fourth-order valence-electron chi connectivity index (χ4n) is 1.59. The molecule has 0 nitrogen and oxygen atoms in total. The lowest BCUT2D eigenvalue weighted by molar-refractivity contribution is 0.210. The normalized spacial score (nSPS) is 41.7. The second kappa shape index (κ2) is 3.42. The van der Waals surface area contributed by atoms with Crippen molar-refractivity contribution in [3.8, 4) is 0 Å². The largest absolute Gasteiger partial charge is 0.0858 e. The number of alkyl halides is 1. The number of hydrogen-bond acceptors (Lipinski definition) is 0. The summed E-state index contributed by atoms with van der Waals surface area (Å²) in [5.41, 5.74) is 0.688. The fourth-order valence-corrected chi connectivity index (χ4v) is 2.36. The molecule has 0 radical (unpaired) electrons. The predicted molar refractivity (Wildman–Crippen MR) is 54.6 cm³/mol. The molecule has 0 saturated heterocycles. The Morgan fingerprint density at radius 1 is 1.40 bits per heavy atom. The van der Waals surface area contributed by atoms with Gasteiger partial charge in [-0.05, 0) is 24.2 Å². The average molecular weight is 252 g/mol. The van der Waals surface area contributed by atoms with Crippen molar-refractivity contribution in [2.24, 2.45) is 11.3 Å². The summed E-state index contributed by atoms with van der Waals surface area (Å²) in [7, 11) is 0. The Bertz CT molecular complexity index is 101. The van der Waals surface area contributed by atoms with E-state index in [1.807, 2.05) is 0 Å². The second-order valence-corrected chi connectivity index (χ2v) is 4.89. The molecule has 60 valence electrons. The van der Waals surface area contributed by atoms with Gasteiger partial charge in [-0.1, -0.05) is 49.3 Å². The minimum absolute atomic E-state index is 0.688. The minimum atomic E-state index is 0.688. The van der Waals surface area contributed by atoms with E-state index in [1.165, 1.54) is 30.1 Å². The van der Waals surface area contributed by atoms with Crippen molar-refractivity contribution in [3.05, 3.63) is 0 Å². The van der Waals surface area contributed by atoms with E-state index in [0.29, 0.717) is 5.41 Å². The highest BCUT2D eigenvalue weighted by molar-refractivity contribution is 14.1. The molecule has 0 spiro atoms. The van der Waals surface area contributed by atoms with Crippen LogP contribution in [0.5, 0.6) is 0 Å². The Morgan fingerprint density at radius 2 is 1.90 bits per heavy atom. The molecule has 1 saturated carbocycles. The van der Waals surface area contributed by atoms with Gasteiger partial charge in [-0.3, -0.25) is 0 Å². The zero-order valence-electron chi connectivity index (χ0n) is 6.99. The van der Waals surface area contributed by atoms with Gasteiger partial charge >= 0.3 is 0 Å². The summed E-state index contributed by atoms with van der Waals surface area (Å²) in [4.78, 5) is 0. The van der Waals surface area contributed by atoms with Crippen LogP contribution < -0.4 is 0 Å². The standard InChI is InChI=1S/C9H17I/c1-8-3-5-9(2,7-10)6-4-8/h8H,3-7H2,1-2H3. The zero-order valence-corrected chi connectivity index (χ0v) is 9.15. The Kier molecular flexibility index (Phi) is 3.02. The number of hydrogen-bond donors (Lipinski definition) is 0. The third kappa shape index (κ3) is 2.11. The monoisotopic (exact) mass is 252 g/mol. The van der Waals surface area contributed by atoms with Crippen LogP contribution in [0.1, 0.15) is 39.5 Å². The highest BCUT2D eigenvalue weighted by Gasteiger charge is 2.27. The number of rotatable bonds is 1. The summed E-state index contributed by atoms with van der Waals surface area (Å²) in [6.45, 7) is 4.82. The van der Waals surface area contributed by atoms with Crippen molar-refractivity contribution in [2.75, 3.05) is 4.43 Å². The summed E-state index contributed by atoms with van der Waals surface area (Å²) in [6.07, 6.45) is 5.83. The lowest BCUT2D eigenvalue weighted by Gasteiger charge is -2.34. The molecule has 1 aliphatic carbocycles. The van der Waals surface area contributed by atoms with E-state index in [0.717, 1.165) is 5.92 Å². The van der Waals surface area contributed by atoms with Gasteiger partial charge in [0.05, 0.1) is 0 Å². The molecule has 0 amide bonds. The molecule has 0 aromatic heterocycles.